The van der Waals surface area contributed by atoms with Crippen LogP contribution < -0.4 is 0 Å². The van der Waals surface area contributed by atoms with Crippen LogP contribution in [0.4, 0.5) is 0 Å². The number of aryl methyl sites for hydroxylation is 1. The number of nitrogens with one attached hydrogen (secondary N) is 1. The summed E-state index contributed by atoms with van der Waals surface area (Å²) in [6, 6.07) is 2.21. The molecule has 0 aromatic carbocycles. The van der Waals surface area contributed by atoms with E-state index in [1.807, 2.05) is 6.92 Å². The Kier molecular flexibility index (Phi) is 3.02. The lowest BCUT2D eigenvalue weighted by molar-refractivity contribution is 0.193. The van der Waals surface area contributed by atoms with Crippen molar-refractivity contribution in [1.29, 1.82) is 5.26 Å². The molecule has 1 aromatic heterocycles. The number of hydrogen-bond acceptors (Lipinski definition) is 3. The van der Waals surface area contributed by atoms with Gasteiger partial charge in [0.15, 0.2) is 0 Å². The largest absolute Gasteiger partial charge is 0.344 e. The third kappa shape index (κ3) is 2.18. The lowest BCUT2D eigenvalue weighted by Gasteiger charge is -2.29. The third-order valence-corrected chi connectivity index (χ3v) is 2.90. The minimum Gasteiger partial charge on any atom is -0.344 e. The first-order chi connectivity index (χ1) is 7.31. The van der Waals surface area contributed by atoms with Gasteiger partial charge in [0, 0.05) is 0 Å². The fraction of sp³-hybridized carbons (Fsp3) is 0.636. The molecule has 0 radical (unpaired) electrons. The Balaban J connectivity index is 2.13. The number of nitriles is 1. The molecule has 4 nitrogen and oxygen atoms in total. The zero-order valence-electron chi connectivity index (χ0n) is 9.03. The molecule has 0 aliphatic carbocycles. The number of H-pyrrole nitrogens is 1. The maximum atomic E-state index is 9.20. The Labute approximate surface area is 89.9 Å². The van der Waals surface area contributed by atoms with Gasteiger partial charge >= 0.3 is 0 Å². The van der Waals surface area contributed by atoms with E-state index in [4.69, 9.17) is 0 Å². The van der Waals surface area contributed by atoms with Crippen LogP contribution in [0.15, 0.2) is 6.20 Å². The second-order valence-electron chi connectivity index (χ2n) is 4.05. The highest BCUT2D eigenvalue weighted by molar-refractivity contribution is 5.14. The summed E-state index contributed by atoms with van der Waals surface area (Å²) in [4.78, 5) is 9.53. The summed E-state index contributed by atoms with van der Waals surface area (Å²) in [7, 11) is 0. The number of rotatable bonds is 2. The van der Waals surface area contributed by atoms with Crippen molar-refractivity contribution in [2.45, 2.75) is 32.2 Å². The molecule has 2 heterocycles. The van der Waals surface area contributed by atoms with Gasteiger partial charge in [0.2, 0.25) is 0 Å². The number of hydrogen-bond donors (Lipinski definition) is 1. The highest BCUT2D eigenvalue weighted by Gasteiger charge is 2.22. The second-order valence-corrected chi connectivity index (χ2v) is 4.05. The summed E-state index contributed by atoms with van der Waals surface area (Å²) in [5, 5.41) is 9.20. The second kappa shape index (κ2) is 4.45. The van der Waals surface area contributed by atoms with Crippen LogP contribution in [0.2, 0.25) is 0 Å². The first-order valence-corrected chi connectivity index (χ1v) is 5.46. The van der Waals surface area contributed by atoms with Crippen LogP contribution in [0.5, 0.6) is 0 Å². The Morgan fingerprint density at radius 1 is 1.47 bits per heavy atom. The van der Waals surface area contributed by atoms with E-state index in [9.17, 15) is 5.26 Å². The van der Waals surface area contributed by atoms with E-state index in [1.165, 1.54) is 19.3 Å². The number of likely N-dealkylation sites (tertiary alicyclic amines) is 1. The standard InChI is InChI=1S/C11H16N4/c1-9-13-8-10(14-9)11(7-12)15-5-3-2-4-6-15/h8,11H,2-6H2,1H3,(H,13,14). The molecule has 2 rings (SSSR count). The van der Waals surface area contributed by atoms with Crippen molar-refractivity contribution in [1.82, 2.24) is 14.9 Å². The van der Waals surface area contributed by atoms with Crippen molar-refractivity contribution in [3.05, 3.63) is 17.7 Å². The van der Waals surface area contributed by atoms with E-state index in [2.05, 4.69) is 20.9 Å². The molecule has 1 saturated heterocycles. The van der Waals surface area contributed by atoms with Gasteiger partial charge in [-0.1, -0.05) is 6.42 Å². The molecule has 0 spiro atoms. The van der Waals surface area contributed by atoms with E-state index in [0.29, 0.717) is 0 Å². The number of imidazole rings is 1. The van der Waals surface area contributed by atoms with Crippen molar-refractivity contribution in [3.63, 3.8) is 0 Å². The van der Waals surface area contributed by atoms with E-state index in [0.717, 1.165) is 24.6 Å². The predicted octanol–water partition coefficient (Wildman–Crippen LogP) is 1.77. The zero-order chi connectivity index (χ0) is 10.7. The van der Waals surface area contributed by atoms with Crippen molar-refractivity contribution >= 4 is 0 Å². The van der Waals surface area contributed by atoms with E-state index < -0.39 is 0 Å². The van der Waals surface area contributed by atoms with Gasteiger partial charge in [0.1, 0.15) is 11.9 Å². The van der Waals surface area contributed by atoms with Gasteiger partial charge in [0.25, 0.3) is 0 Å². The number of aromatic nitrogens is 2. The van der Waals surface area contributed by atoms with Crippen molar-refractivity contribution in [2.24, 2.45) is 0 Å². The molecular weight excluding hydrogens is 188 g/mol. The fourth-order valence-corrected chi connectivity index (χ4v) is 2.10. The summed E-state index contributed by atoms with van der Waals surface area (Å²) in [5.74, 6) is 0.877. The van der Waals surface area contributed by atoms with Crippen LogP contribution in [0.25, 0.3) is 0 Å². The molecule has 1 aliphatic heterocycles. The number of piperidine rings is 1. The molecule has 15 heavy (non-hydrogen) atoms. The van der Waals surface area contributed by atoms with Gasteiger partial charge in [-0.15, -0.1) is 0 Å². The van der Waals surface area contributed by atoms with Crippen LogP contribution in [-0.4, -0.2) is 28.0 Å². The molecule has 0 saturated carbocycles. The quantitative estimate of drug-likeness (QED) is 0.798. The van der Waals surface area contributed by atoms with E-state index >= 15 is 0 Å². The van der Waals surface area contributed by atoms with Crippen LogP contribution in [0.1, 0.15) is 36.8 Å². The zero-order valence-corrected chi connectivity index (χ0v) is 9.03. The molecule has 1 aromatic rings. The lowest BCUT2D eigenvalue weighted by atomic mass is 10.1. The van der Waals surface area contributed by atoms with Crippen LogP contribution in [0, 0.1) is 18.3 Å². The molecule has 0 bridgehead atoms. The van der Waals surface area contributed by atoms with Gasteiger partial charge in [-0.05, 0) is 32.9 Å². The normalized spacial score (nSPS) is 19.7. The fourth-order valence-electron chi connectivity index (χ4n) is 2.10. The Hall–Kier alpha value is -1.34. The monoisotopic (exact) mass is 204 g/mol. The maximum absolute atomic E-state index is 9.20. The lowest BCUT2D eigenvalue weighted by Crippen LogP contribution is -2.33. The average Bonchev–Trinajstić information content (AvgIpc) is 2.68. The molecule has 1 unspecified atom stereocenters. The highest BCUT2D eigenvalue weighted by Crippen LogP contribution is 2.22. The van der Waals surface area contributed by atoms with E-state index in [-0.39, 0.29) is 6.04 Å². The van der Waals surface area contributed by atoms with Gasteiger partial charge in [-0.3, -0.25) is 4.90 Å². The van der Waals surface area contributed by atoms with E-state index in [1.54, 1.807) is 6.20 Å². The van der Waals surface area contributed by atoms with Crippen molar-refractivity contribution in [2.75, 3.05) is 13.1 Å². The third-order valence-electron chi connectivity index (χ3n) is 2.90. The molecular formula is C11H16N4. The molecule has 1 atom stereocenters. The minimum absolute atomic E-state index is 0.147. The molecule has 0 amide bonds. The Morgan fingerprint density at radius 3 is 2.73 bits per heavy atom. The Morgan fingerprint density at radius 2 is 2.20 bits per heavy atom. The van der Waals surface area contributed by atoms with Crippen LogP contribution in [-0.2, 0) is 0 Å². The molecule has 80 valence electrons. The van der Waals surface area contributed by atoms with Gasteiger partial charge in [-0.25, -0.2) is 4.98 Å². The summed E-state index contributed by atoms with van der Waals surface area (Å²) < 4.78 is 0. The predicted molar refractivity (Wildman–Crippen MR) is 57.1 cm³/mol. The maximum Gasteiger partial charge on any atom is 0.140 e. The topological polar surface area (TPSA) is 55.7 Å². The molecule has 1 fully saturated rings. The van der Waals surface area contributed by atoms with Gasteiger partial charge in [0.05, 0.1) is 18.0 Å². The van der Waals surface area contributed by atoms with Gasteiger partial charge in [-0.2, -0.15) is 5.26 Å². The summed E-state index contributed by atoms with van der Waals surface area (Å²) in [6.45, 7) is 3.96. The first kappa shape index (κ1) is 10.2. The van der Waals surface area contributed by atoms with Crippen LogP contribution >= 0.6 is 0 Å². The SMILES string of the molecule is Cc1ncc(C(C#N)N2CCCCC2)[nH]1. The van der Waals surface area contributed by atoms with Gasteiger partial charge < -0.3 is 4.98 Å². The smallest absolute Gasteiger partial charge is 0.140 e. The summed E-state index contributed by atoms with van der Waals surface area (Å²) in [6.07, 6.45) is 5.46. The molecule has 1 N–H and O–H groups in total. The number of aromatic amines is 1. The number of nitrogens with zero attached hydrogens (tertiary/aromatic N) is 3. The Bertz CT molecular complexity index is 357. The summed E-state index contributed by atoms with van der Waals surface area (Å²) in [5.41, 5.74) is 0.928. The average molecular weight is 204 g/mol. The first-order valence-electron chi connectivity index (χ1n) is 5.46. The molecule has 4 heteroatoms. The van der Waals surface area contributed by atoms with Crippen molar-refractivity contribution < 1.29 is 0 Å². The molecule has 1 aliphatic rings. The van der Waals surface area contributed by atoms with Crippen LogP contribution in [0.3, 0.4) is 0 Å². The minimum atomic E-state index is -0.147. The highest BCUT2D eigenvalue weighted by atomic mass is 15.2. The van der Waals surface area contributed by atoms with Crippen molar-refractivity contribution in [3.8, 4) is 6.07 Å². The summed E-state index contributed by atoms with van der Waals surface area (Å²) >= 11 is 0.